The molecule has 0 saturated heterocycles. The van der Waals surface area contributed by atoms with Gasteiger partial charge in [0.1, 0.15) is 28.0 Å². The fourth-order valence-corrected chi connectivity index (χ4v) is 2.01. The Morgan fingerprint density at radius 3 is 2.52 bits per heavy atom. The zero-order valence-electron chi connectivity index (χ0n) is 12.0. The first-order chi connectivity index (χ1) is 10.1. The summed E-state index contributed by atoms with van der Waals surface area (Å²) < 4.78 is 16.5. The van der Waals surface area contributed by atoms with Crippen LogP contribution in [0, 0.1) is 0 Å². The van der Waals surface area contributed by atoms with Crippen LogP contribution >= 0.6 is 12.2 Å². The summed E-state index contributed by atoms with van der Waals surface area (Å²) in [7, 11) is 1.59. The van der Waals surface area contributed by atoms with Gasteiger partial charge in [-0.15, -0.1) is 0 Å². The highest BCUT2D eigenvalue weighted by Crippen LogP contribution is 2.31. The Balaban J connectivity index is 2.33. The number of hydrogen-bond acceptors (Lipinski definition) is 4. The first-order valence-corrected chi connectivity index (χ1v) is 6.93. The van der Waals surface area contributed by atoms with E-state index in [1.54, 1.807) is 25.3 Å². The zero-order valence-corrected chi connectivity index (χ0v) is 12.8. The number of hydrogen-bond donors (Lipinski definition) is 1. The van der Waals surface area contributed by atoms with Crippen molar-refractivity contribution < 1.29 is 14.2 Å². The molecule has 0 saturated carbocycles. The molecule has 4 nitrogen and oxygen atoms in total. The van der Waals surface area contributed by atoms with Gasteiger partial charge in [-0.25, -0.2) is 0 Å². The average Bonchev–Trinajstić information content (AvgIpc) is 2.47. The summed E-state index contributed by atoms with van der Waals surface area (Å²) in [5, 5.41) is 0. The van der Waals surface area contributed by atoms with Gasteiger partial charge in [0.25, 0.3) is 0 Å². The van der Waals surface area contributed by atoms with E-state index >= 15 is 0 Å². The van der Waals surface area contributed by atoms with Gasteiger partial charge < -0.3 is 19.9 Å². The first-order valence-electron chi connectivity index (χ1n) is 6.52. The van der Waals surface area contributed by atoms with Gasteiger partial charge in [-0.05, 0) is 31.2 Å². The summed E-state index contributed by atoms with van der Waals surface area (Å²) >= 11 is 5.04. The molecule has 110 valence electrons. The summed E-state index contributed by atoms with van der Waals surface area (Å²) in [6, 6.07) is 12.7. The molecule has 0 aliphatic heterocycles. The summed E-state index contributed by atoms with van der Waals surface area (Å²) in [6.45, 7) is 2.53. The molecule has 2 aromatic rings. The molecule has 0 aliphatic rings. The third-order valence-corrected chi connectivity index (χ3v) is 3.02. The van der Waals surface area contributed by atoms with Crippen molar-refractivity contribution in [2.45, 2.75) is 6.92 Å². The highest BCUT2D eigenvalue weighted by molar-refractivity contribution is 7.80. The number of thiocarbonyl (C=S) groups is 1. The molecule has 0 radical (unpaired) electrons. The Hall–Kier alpha value is -2.27. The van der Waals surface area contributed by atoms with Crippen molar-refractivity contribution in [3.63, 3.8) is 0 Å². The summed E-state index contributed by atoms with van der Waals surface area (Å²) in [4.78, 5) is 0.272. The van der Waals surface area contributed by atoms with E-state index in [0.29, 0.717) is 29.4 Å². The Kier molecular flexibility index (Phi) is 5.00. The highest BCUT2D eigenvalue weighted by atomic mass is 32.1. The minimum absolute atomic E-state index is 0.272. The second kappa shape index (κ2) is 6.95. The fraction of sp³-hybridized carbons (Fsp3) is 0.188. The summed E-state index contributed by atoms with van der Waals surface area (Å²) in [5.41, 5.74) is 6.38. The van der Waals surface area contributed by atoms with E-state index in [4.69, 9.17) is 32.2 Å². The third-order valence-electron chi connectivity index (χ3n) is 2.80. The highest BCUT2D eigenvalue weighted by Gasteiger charge is 2.10. The molecule has 0 aromatic heterocycles. The normalized spacial score (nSPS) is 10.0. The van der Waals surface area contributed by atoms with Gasteiger partial charge in [0, 0.05) is 12.1 Å². The molecule has 0 amide bonds. The van der Waals surface area contributed by atoms with E-state index in [0.717, 1.165) is 5.75 Å². The van der Waals surface area contributed by atoms with Crippen molar-refractivity contribution >= 4 is 17.2 Å². The van der Waals surface area contributed by atoms with Crippen molar-refractivity contribution in [2.24, 2.45) is 5.73 Å². The van der Waals surface area contributed by atoms with Gasteiger partial charge in [0.15, 0.2) is 0 Å². The number of nitrogens with two attached hydrogens (primary N) is 1. The minimum atomic E-state index is 0.272. The van der Waals surface area contributed by atoms with Gasteiger partial charge in [-0.2, -0.15) is 0 Å². The topological polar surface area (TPSA) is 53.7 Å². The van der Waals surface area contributed by atoms with E-state index in [1.165, 1.54) is 0 Å². The van der Waals surface area contributed by atoms with Gasteiger partial charge in [-0.3, -0.25) is 0 Å². The maximum atomic E-state index is 5.87. The molecule has 0 fully saturated rings. The lowest BCUT2D eigenvalue weighted by molar-refractivity contribution is 0.338. The van der Waals surface area contributed by atoms with Crippen LogP contribution in [-0.4, -0.2) is 18.7 Å². The van der Waals surface area contributed by atoms with Crippen LogP contribution in [0.2, 0.25) is 0 Å². The quantitative estimate of drug-likeness (QED) is 0.827. The van der Waals surface area contributed by atoms with E-state index in [1.807, 2.05) is 31.2 Å². The van der Waals surface area contributed by atoms with Crippen LogP contribution in [0.1, 0.15) is 12.5 Å². The molecule has 0 heterocycles. The van der Waals surface area contributed by atoms with Gasteiger partial charge in [0.05, 0.1) is 19.3 Å². The predicted molar refractivity (Wildman–Crippen MR) is 86.6 cm³/mol. The smallest absolute Gasteiger partial charge is 0.141 e. The standard InChI is InChI=1S/C16H17NO3S/c1-3-19-12-5-4-6-13(9-12)20-15-10-11(18-2)7-8-14(15)16(17)21/h4-10H,3H2,1-2H3,(H2,17,21). The average molecular weight is 303 g/mol. The molecule has 2 aromatic carbocycles. The second-order valence-electron chi connectivity index (χ2n) is 4.24. The molecule has 5 heteroatoms. The van der Waals surface area contributed by atoms with Crippen molar-refractivity contribution in [3.05, 3.63) is 48.0 Å². The monoisotopic (exact) mass is 303 g/mol. The lowest BCUT2D eigenvalue weighted by Gasteiger charge is -2.12. The molecule has 0 spiro atoms. The second-order valence-corrected chi connectivity index (χ2v) is 4.68. The minimum Gasteiger partial charge on any atom is -0.497 e. The van der Waals surface area contributed by atoms with Crippen LogP contribution in [0.25, 0.3) is 0 Å². The molecule has 0 unspecified atom stereocenters. The first kappa shape index (κ1) is 15.1. The third kappa shape index (κ3) is 3.86. The molecular weight excluding hydrogens is 286 g/mol. The molecule has 21 heavy (non-hydrogen) atoms. The van der Waals surface area contributed by atoms with Gasteiger partial charge >= 0.3 is 0 Å². The molecule has 0 aliphatic carbocycles. The van der Waals surface area contributed by atoms with Gasteiger partial charge in [0.2, 0.25) is 0 Å². The maximum Gasteiger partial charge on any atom is 0.141 e. The van der Waals surface area contributed by atoms with Crippen LogP contribution in [0.5, 0.6) is 23.0 Å². The van der Waals surface area contributed by atoms with E-state index in [9.17, 15) is 0 Å². The van der Waals surface area contributed by atoms with Crippen molar-refractivity contribution in [3.8, 4) is 23.0 Å². The van der Waals surface area contributed by atoms with Crippen molar-refractivity contribution in [1.29, 1.82) is 0 Å². The zero-order chi connectivity index (χ0) is 15.2. The van der Waals surface area contributed by atoms with Crippen LogP contribution in [0.4, 0.5) is 0 Å². The maximum absolute atomic E-state index is 5.87. The van der Waals surface area contributed by atoms with Crippen molar-refractivity contribution in [2.75, 3.05) is 13.7 Å². The van der Waals surface area contributed by atoms with Gasteiger partial charge in [-0.1, -0.05) is 18.3 Å². The number of rotatable bonds is 6. The Morgan fingerprint density at radius 2 is 1.86 bits per heavy atom. The Morgan fingerprint density at radius 1 is 1.10 bits per heavy atom. The lowest BCUT2D eigenvalue weighted by Crippen LogP contribution is -2.10. The van der Waals surface area contributed by atoms with E-state index < -0.39 is 0 Å². The molecule has 0 atom stereocenters. The molecule has 2 rings (SSSR count). The number of ether oxygens (including phenoxy) is 3. The Labute approximate surface area is 129 Å². The Bertz CT molecular complexity index is 643. The fourth-order valence-electron chi connectivity index (χ4n) is 1.84. The van der Waals surface area contributed by atoms with E-state index in [-0.39, 0.29) is 4.99 Å². The molecule has 0 bridgehead atoms. The summed E-state index contributed by atoms with van der Waals surface area (Å²) in [6.07, 6.45) is 0. The van der Waals surface area contributed by atoms with Crippen LogP contribution in [-0.2, 0) is 0 Å². The number of benzene rings is 2. The predicted octanol–water partition coefficient (Wildman–Crippen LogP) is 3.52. The number of methoxy groups -OCH3 is 1. The lowest BCUT2D eigenvalue weighted by atomic mass is 10.2. The molecule has 2 N–H and O–H groups in total. The van der Waals surface area contributed by atoms with Crippen LogP contribution in [0.15, 0.2) is 42.5 Å². The largest absolute Gasteiger partial charge is 0.497 e. The molecular formula is C16H17NO3S. The SMILES string of the molecule is CCOc1cccc(Oc2cc(OC)ccc2C(N)=S)c1. The van der Waals surface area contributed by atoms with E-state index in [2.05, 4.69) is 0 Å². The van der Waals surface area contributed by atoms with Crippen LogP contribution in [0.3, 0.4) is 0 Å². The summed E-state index contributed by atoms with van der Waals surface area (Å²) in [5.74, 6) is 2.61. The van der Waals surface area contributed by atoms with Crippen LogP contribution < -0.4 is 19.9 Å². The van der Waals surface area contributed by atoms with Crippen molar-refractivity contribution in [1.82, 2.24) is 0 Å².